The number of nitrogens with zero attached hydrogens (tertiary/aromatic N) is 4. The Morgan fingerprint density at radius 2 is 2.32 bits per heavy atom. The number of aromatic nitrogens is 3. The quantitative estimate of drug-likeness (QED) is 0.754. The average molecular weight is 382 g/mol. The Hall–Kier alpha value is -2.92. The van der Waals surface area contributed by atoms with E-state index in [0.29, 0.717) is 24.3 Å². The van der Waals surface area contributed by atoms with Crippen molar-refractivity contribution in [2.75, 3.05) is 19.0 Å². The Morgan fingerprint density at radius 3 is 3.04 bits per heavy atom. The van der Waals surface area contributed by atoms with Gasteiger partial charge in [0.2, 0.25) is 5.91 Å². The van der Waals surface area contributed by atoms with Crippen LogP contribution >= 0.6 is 0 Å². The smallest absolute Gasteiger partial charge is 0.223 e. The molecule has 0 spiro atoms. The first-order valence-corrected chi connectivity index (χ1v) is 9.50. The van der Waals surface area contributed by atoms with Gasteiger partial charge in [0.1, 0.15) is 11.9 Å². The van der Waals surface area contributed by atoms with Crippen molar-refractivity contribution >= 4 is 11.7 Å². The summed E-state index contributed by atoms with van der Waals surface area (Å²) in [5.74, 6) is 0.508. The van der Waals surface area contributed by atoms with Gasteiger partial charge in [0.05, 0.1) is 23.9 Å². The number of nitrogens with one attached hydrogen (secondary N) is 2. The number of carbonyl (C=O) groups is 1. The SMILES string of the molecule is CO[C@@H]1CC[C@H](C(=O)NCCc2cnn(C)c2)C[C@H]1Nc1ncccc1C#N. The van der Waals surface area contributed by atoms with Gasteiger partial charge in [0, 0.05) is 39.0 Å². The summed E-state index contributed by atoms with van der Waals surface area (Å²) in [7, 11) is 3.56. The largest absolute Gasteiger partial charge is 0.379 e. The van der Waals surface area contributed by atoms with E-state index in [1.807, 2.05) is 19.4 Å². The second kappa shape index (κ2) is 9.33. The standard InChI is InChI=1S/C20H26N6O2/c1-26-13-14(12-24-26)7-9-23-20(27)15-5-6-18(28-2)17(10-15)25-19-16(11-21)4-3-8-22-19/h3-4,8,12-13,15,17-18H,5-7,9-10H2,1-2H3,(H,22,25)(H,23,27)/t15-,17+,18+/m0/s1. The molecule has 8 heteroatoms. The highest BCUT2D eigenvalue weighted by molar-refractivity contribution is 5.78. The molecule has 2 heterocycles. The van der Waals surface area contributed by atoms with Gasteiger partial charge in [-0.3, -0.25) is 9.48 Å². The van der Waals surface area contributed by atoms with Crippen LogP contribution in [0.15, 0.2) is 30.7 Å². The molecule has 1 fully saturated rings. The molecule has 8 nitrogen and oxygen atoms in total. The summed E-state index contributed by atoms with van der Waals surface area (Å²) in [4.78, 5) is 16.9. The third kappa shape index (κ3) is 4.87. The van der Waals surface area contributed by atoms with Crippen molar-refractivity contribution in [3.05, 3.63) is 41.9 Å². The fraction of sp³-hybridized carbons (Fsp3) is 0.500. The third-order valence-corrected chi connectivity index (χ3v) is 5.18. The predicted molar refractivity (Wildman–Crippen MR) is 104 cm³/mol. The first-order chi connectivity index (χ1) is 13.6. The second-order valence-electron chi connectivity index (χ2n) is 7.11. The van der Waals surface area contributed by atoms with Gasteiger partial charge in [-0.15, -0.1) is 0 Å². The lowest BCUT2D eigenvalue weighted by Crippen LogP contribution is -2.45. The predicted octanol–water partition coefficient (Wildman–Crippen LogP) is 1.64. The minimum absolute atomic E-state index is 0.0204. The van der Waals surface area contributed by atoms with Gasteiger partial charge in [0.25, 0.3) is 0 Å². The molecule has 2 aromatic heterocycles. The van der Waals surface area contributed by atoms with E-state index in [0.717, 1.165) is 24.8 Å². The van der Waals surface area contributed by atoms with Crippen LogP contribution in [0.2, 0.25) is 0 Å². The molecule has 0 aromatic carbocycles. The zero-order valence-corrected chi connectivity index (χ0v) is 16.3. The topological polar surface area (TPSA) is 105 Å². The van der Waals surface area contributed by atoms with Gasteiger partial charge >= 0.3 is 0 Å². The highest BCUT2D eigenvalue weighted by Crippen LogP contribution is 2.29. The molecule has 28 heavy (non-hydrogen) atoms. The fourth-order valence-corrected chi connectivity index (χ4v) is 3.68. The Kier molecular flexibility index (Phi) is 6.61. The number of methoxy groups -OCH3 is 1. The van der Waals surface area contributed by atoms with Crippen molar-refractivity contribution in [3.8, 4) is 6.07 Å². The first kappa shape index (κ1) is 19.8. The van der Waals surface area contributed by atoms with Crippen molar-refractivity contribution in [1.29, 1.82) is 5.26 Å². The molecule has 1 amide bonds. The van der Waals surface area contributed by atoms with Crippen molar-refractivity contribution in [3.63, 3.8) is 0 Å². The van der Waals surface area contributed by atoms with E-state index in [-0.39, 0.29) is 24.0 Å². The van der Waals surface area contributed by atoms with Crippen LogP contribution in [0.5, 0.6) is 0 Å². The molecule has 3 atom stereocenters. The Bertz CT molecular complexity index is 843. The molecule has 148 valence electrons. The summed E-state index contributed by atoms with van der Waals surface area (Å²) in [6, 6.07) is 5.53. The van der Waals surface area contributed by atoms with Crippen LogP contribution in [-0.2, 0) is 23.0 Å². The number of carbonyl (C=O) groups excluding carboxylic acids is 1. The Labute approximate surface area is 164 Å². The molecule has 0 radical (unpaired) electrons. The molecule has 1 aliphatic rings. The summed E-state index contributed by atoms with van der Waals surface area (Å²) < 4.78 is 7.36. The van der Waals surface area contributed by atoms with E-state index < -0.39 is 0 Å². The van der Waals surface area contributed by atoms with E-state index in [4.69, 9.17) is 4.74 Å². The molecule has 2 N–H and O–H groups in total. The fourth-order valence-electron chi connectivity index (χ4n) is 3.68. The number of anilines is 1. The minimum Gasteiger partial charge on any atom is -0.379 e. The number of ether oxygens (including phenoxy) is 1. The van der Waals surface area contributed by atoms with Crippen LogP contribution in [0.4, 0.5) is 5.82 Å². The number of hydrogen-bond acceptors (Lipinski definition) is 6. The summed E-state index contributed by atoms with van der Waals surface area (Å²) in [5, 5.41) is 19.8. The van der Waals surface area contributed by atoms with Crippen LogP contribution in [0.3, 0.4) is 0 Å². The maximum Gasteiger partial charge on any atom is 0.223 e. The number of amides is 1. The lowest BCUT2D eigenvalue weighted by atomic mass is 9.83. The van der Waals surface area contributed by atoms with E-state index >= 15 is 0 Å². The van der Waals surface area contributed by atoms with Crippen LogP contribution in [0.25, 0.3) is 0 Å². The van der Waals surface area contributed by atoms with Gasteiger partial charge < -0.3 is 15.4 Å². The highest BCUT2D eigenvalue weighted by Gasteiger charge is 2.34. The van der Waals surface area contributed by atoms with Gasteiger partial charge in [-0.2, -0.15) is 10.4 Å². The molecule has 0 bridgehead atoms. The molecule has 0 aliphatic heterocycles. The van der Waals surface area contributed by atoms with E-state index in [2.05, 4.69) is 26.8 Å². The van der Waals surface area contributed by atoms with Crippen LogP contribution in [0, 0.1) is 17.2 Å². The molecule has 2 aromatic rings. The summed E-state index contributed by atoms with van der Waals surface area (Å²) in [6.45, 7) is 0.589. The number of hydrogen-bond donors (Lipinski definition) is 2. The number of rotatable bonds is 7. The maximum absolute atomic E-state index is 12.6. The number of pyridine rings is 1. The maximum atomic E-state index is 12.6. The first-order valence-electron chi connectivity index (χ1n) is 9.50. The zero-order chi connectivity index (χ0) is 19.9. The molecular weight excluding hydrogens is 356 g/mol. The normalized spacial score (nSPS) is 21.7. The van der Waals surface area contributed by atoms with Gasteiger partial charge in [-0.25, -0.2) is 4.98 Å². The molecule has 0 unspecified atom stereocenters. The molecule has 0 saturated heterocycles. The Balaban J connectivity index is 1.57. The lowest BCUT2D eigenvalue weighted by Gasteiger charge is -2.35. The average Bonchev–Trinajstić information content (AvgIpc) is 3.13. The zero-order valence-electron chi connectivity index (χ0n) is 16.3. The van der Waals surface area contributed by atoms with Crippen molar-refractivity contribution in [2.45, 2.75) is 37.8 Å². The van der Waals surface area contributed by atoms with Gasteiger partial charge in [0.15, 0.2) is 0 Å². The lowest BCUT2D eigenvalue weighted by molar-refractivity contribution is -0.126. The van der Waals surface area contributed by atoms with Crippen molar-refractivity contribution < 1.29 is 9.53 Å². The Morgan fingerprint density at radius 1 is 1.46 bits per heavy atom. The van der Waals surface area contributed by atoms with Crippen LogP contribution in [-0.4, -0.2) is 46.5 Å². The monoisotopic (exact) mass is 382 g/mol. The van der Waals surface area contributed by atoms with Crippen LogP contribution < -0.4 is 10.6 Å². The summed E-state index contributed by atoms with van der Waals surface area (Å²) in [5.41, 5.74) is 1.59. The highest BCUT2D eigenvalue weighted by atomic mass is 16.5. The van der Waals surface area contributed by atoms with Crippen molar-refractivity contribution in [2.24, 2.45) is 13.0 Å². The van der Waals surface area contributed by atoms with Gasteiger partial charge in [-0.05, 0) is 43.4 Å². The number of nitriles is 1. The molecular formula is C20H26N6O2. The summed E-state index contributed by atoms with van der Waals surface area (Å²) in [6.07, 6.45) is 8.36. The second-order valence-corrected chi connectivity index (χ2v) is 7.11. The molecule has 3 rings (SSSR count). The minimum atomic E-state index is -0.0907. The van der Waals surface area contributed by atoms with E-state index in [1.165, 1.54) is 0 Å². The van der Waals surface area contributed by atoms with Crippen molar-refractivity contribution in [1.82, 2.24) is 20.1 Å². The molecule has 1 aliphatic carbocycles. The third-order valence-electron chi connectivity index (χ3n) is 5.18. The number of aryl methyl sites for hydroxylation is 1. The molecule has 1 saturated carbocycles. The van der Waals surface area contributed by atoms with Gasteiger partial charge in [-0.1, -0.05) is 0 Å². The van der Waals surface area contributed by atoms with E-state index in [9.17, 15) is 10.1 Å². The summed E-state index contributed by atoms with van der Waals surface area (Å²) >= 11 is 0. The van der Waals surface area contributed by atoms with Crippen LogP contribution in [0.1, 0.15) is 30.4 Å². The van der Waals surface area contributed by atoms with E-state index in [1.54, 1.807) is 30.1 Å².